The van der Waals surface area contributed by atoms with Crippen molar-refractivity contribution in [1.29, 1.82) is 0 Å². The van der Waals surface area contributed by atoms with Gasteiger partial charge in [-0.1, -0.05) is 36.4 Å². The van der Waals surface area contributed by atoms with Crippen molar-refractivity contribution in [3.8, 4) is 11.5 Å². The Kier molecular flexibility index (Phi) is 7.09. The first-order chi connectivity index (χ1) is 11.6. The average molecular weight is 329 g/mol. The molecule has 0 spiro atoms. The lowest BCUT2D eigenvalue weighted by molar-refractivity contribution is 0.174. The van der Waals surface area contributed by atoms with Crippen LogP contribution < -0.4 is 14.8 Å². The maximum Gasteiger partial charge on any atom is 0.161 e. The highest BCUT2D eigenvalue weighted by Gasteiger charge is 2.09. The molecule has 0 bridgehead atoms. The number of hydrogen-bond donors (Lipinski definition) is 2. The summed E-state index contributed by atoms with van der Waals surface area (Å²) < 4.78 is 11.4. The van der Waals surface area contributed by atoms with E-state index in [1.807, 2.05) is 69.3 Å². The molecular weight excluding hydrogens is 302 g/mol. The standard InChI is InChI=1S/C20H27NO3/c1-4-23-20-12-16(10-11-19(20)24-15(2)3)13-21-14-18(22)17-8-6-5-7-9-17/h5-12,15,18,21-22H,4,13-14H2,1-3H3/t18-/m1/s1. The minimum absolute atomic E-state index is 0.106. The minimum atomic E-state index is -0.513. The summed E-state index contributed by atoms with van der Waals surface area (Å²) in [7, 11) is 0. The van der Waals surface area contributed by atoms with Crippen LogP contribution in [0.5, 0.6) is 11.5 Å². The summed E-state index contributed by atoms with van der Waals surface area (Å²) in [6.45, 7) is 7.70. The van der Waals surface area contributed by atoms with Crippen LogP contribution in [0.25, 0.3) is 0 Å². The Hall–Kier alpha value is -2.04. The molecule has 2 N–H and O–H groups in total. The van der Waals surface area contributed by atoms with Gasteiger partial charge in [0, 0.05) is 13.1 Å². The number of aliphatic hydroxyl groups excluding tert-OH is 1. The fourth-order valence-electron chi connectivity index (χ4n) is 2.43. The third-order valence-electron chi connectivity index (χ3n) is 3.52. The van der Waals surface area contributed by atoms with Crippen LogP contribution in [0, 0.1) is 0 Å². The first-order valence-corrected chi connectivity index (χ1v) is 8.46. The van der Waals surface area contributed by atoms with E-state index in [1.165, 1.54) is 0 Å². The topological polar surface area (TPSA) is 50.7 Å². The molecule has 0 saturated carbocycles. The van der Waals surface area contributed by atoms with Gasteiger partial charge in [0.1, 0.15) is 0 Å². The summed E-state index contributed by atoms with van der Waals surface area (Å²) in [5.41, 5.74) is 2.01. The predicted molar refractivity (Wildman–Crippen MR) is 96.5 cm³/mol. The number of benzene rings is 2. The first kappa shape index (κ1) is 18.3. The van der Waals surface area contributed by atoms with Gasteiger partial charge in [-0.2, -0.15) is 0 Å². The van der Waals surface area contributed by atoms with Gasteiger partial charge in [0.25, 0.3) is 0 Å². The number of ether oxygens (including phenoxy) is 2. The Morgan fingerprint density at radius 2 is 1.79 bits per heavy atom. The number of hydrogen-bond acceptors (Lipinski definition) is 4. The van der Waals surface area contributed by atoms with Crippen molar-refractivity contribution in [2.24, 2.45) is 0 Å². The maximum absolute atomic E-state index is 10.2. The highest BCUT2D eigenvalue weighted by Crippen LogP contribution is 2.29. The van der Waals surface area contributed by atoms with Crippen LogP contribution in [0.15, 0.2) is 48.5 Å². The molecule has 0 aliphatic carbocycles. The predicted octanol–water partition coefficient (Wildman–Crippen LogP) is 3.70. The van der Waals surface area contributed by atoms with E-state index >= 15 is 0 Å². The molecule has 0 unspecified atom stereocenters. The zero-order valence-electron chi connectivity index (χ0n) is 14.7. The SMILES string of the molecule is CCOc1cc(CNC[C@@H](O)c2ccccc2)ccc1OC(C)C. The Bertz CT molecular complexity index is 614. The molecule has 24 heavy (non-hydrogen) atoms. The van der Waals surface area contributed by atoms with Crippen molar-refractivity contribution in [1.82, 2.24) is 5.32 Å². The number of rotatable bonds is 9. The molecule has 0 aromatic heterocycles. The molecule has 1 atom stereocenters. The van der Waals surface area contributed by atoms with Crippen molar-refractivity contribution in [2.75, 3.05) is 13.2 Å². The van der Waals surface area contributed by atoms with E-state index in [1.54, 1.807) is 0 Å². The molecule has 130 valence electrons. The fraction of sp³-hybridized carbons (Fsp3) is 0.400. The molecule has 4 heteroatoms. The number of aliphatic hydroxyl groups is 1. The van der Waals surface area contributed by atoms with Crippen molar-refractivity contribution >= 4 is 0 Å². The van der Waals surface area contributed by atoms with E-state index < -0.39 is 6.10 Å². The summed E-state index contributed by atoms with van der Waals surface area (Å²) in [6, 6.07) is 15.6. The van der Waals surface area contributed by atoms with Gasteiger partial charge < -0.3 is 19.9 Å². The second-order valence-corrected chi connectivity index (χ2v) is 5.94. The van der Waals surface area contributed by atoms with Gasteiger partial charge in [0.2, 0.25) is 0 Å². The van der Waals surface area contributed by atoms with E-state index in [0.29, 0.717) is 19.7 Å². The molecule has 2 rings (SSSR count). The highest BCUT2D eigenvalue weighted by atomic mass is 16.5. The summed E-state index contributed by atoms with van der Waals surface area (Å²) in [5.74, 6) is 1.52. The lowest BCUT2D eigenvalue weighted by Gasteiger charge is -2.16. The lowest BCUT2D eigenvalue weighted by atomic mass is 10.1. The van der Waals surface area contributed by atoms with Crippen LogP contribution in [-0.4, -0.2) is 24.4 Å². The van der Waals surface area contributed by atoms with Gasteiger partial charge in [-0.15, -0.1) is 0 Å². The maximum atomic E-state index is 10.2. The molecule has 0 radical (unpaired) electrons. The zero-order chi connectivity index (χ0) is 17.4. The average Bonchev–Trinajstić information content (AvgIpc) is 2.57. The molecule has 2 aromatic rings. The minimum Gasteiger partial charge on any atom is -0.490 e. The van der Waals surface area contributed by atoms with E-state index in [-0.39, 0.29) is 6.10 Å². The normalized spacial score (nSPS) is 12.2. The summed E-state index contributed by atoms with van der Waals surface area (Å²) >= 11 is 0. The number of nitrogens with one attached hydrogen (secondary N) is 1. The van der Waals surface area contributed by atoms with Crippen molar-refractivity contribution in [2.45, 2.75) is 39.5 Å². The van der Waals surface area contributed by atoms with E-state index in [2.05, 4.69) is 5.32 Å². The van der Waals surface area contributed by atoms with Gasteiger partial charge in [-0.05, 0) is 44.0 Å². The molecule has 0 fully saturated rings. The smallest absolute Gasteiger partial charge is 0.161 e. The molecule has 0 amide bonds. The van der Waals surface area contributed by atoms with Gasteiger partial charge in [0.05, 0.1) is 18.8 Å². The van der Waals surface area contributed by atoms with Crippen molar-refractivity contribution in [3.63, 3.8) is 0 Å². The van der Waals surface area contributed by atoms with E-state index in [4.69, 9.17) is 9.47 Å². The second-order valence-electron chi connectivity index (χ2n) is 5.94. The van der Waals surface area contributed by atoms with Crippen LogP contribution in [-0.2, 0) is 6.54 Å². The molecule has 4 nitrogen and oxygen atoms in total. The van der Waals surface area contributed by atoms with Gasteiger partial charge in [0.15, 0.2) is 11.5 Å². The van der Waals surface area contributed by atoms with Crippen LogP contribution in [0.1, 0.15) is 38.0 Å². The second kappa shape index (κ2) is 9.30. The van der Waals surface area contributed by atoms with Gasteiger partial charge in [-0.25, -0.2) is 0 Å². The third kappa shape index (κ3) is 5.55. The summed E-state index contributed by atoms with van der Waals surface area (Å²) in [5, 5.41) is 13.5. The van der Waals surface area contributed by atoms with Gasteiger partial charge in [-0.3, -0.25) is 0 Å². The van der Waals surface area contributed by atoms with E-state index in [9.17, 15) is 5.11 Å². The lowest BCUT2D eigenvalue weighted by Crippen LogP contribution is -2.21. The Morgan fingerprint density at radius 3 is 2.46 bits per heavy atom. The Labute approximate surface area is 144 Å². The third-order valence-corrected chi connectivity index (χ3v) is 3.52. The molecule has 0 saturated heterocycles. The first-order valence-electron chi connectivity index (χ1n) is 8.46. The highest BCUT2D eigenvalue weighted by molar-refractivity contribution is 5.43. The van der Waals surface area contributed by atoms with E-state index in [0.717, 1.165) is 22.6 Å². The van der Waals surface area contributed by atoms with Crippen molar-refractivity contribution in [3.05, 3.63) is 59.7 Å². The fourth-order valence-corrected chi connectivity index (χ4v) is 2.43. The zero-order valence-corrected chi connectivity index (χ0v) is 14.7. The van der Waals surface area contributed by atoms with Crippen LogP contribution in [0.4, 0.5) is 0 Å². The van der Waals surface area contributed by atoms with Crippen LogP contribution in [0.3, 0.4) is 0 Å². The summed E-state index contributed by atoms with van der Waals surface area (Å²) in [4.78, 5) is 0. The monoisotopic (exact) mass is 329 g/mol. The summed E-state index contributed by atoms with van der Waals surface area (Å²) in [6.07, 6.45) is -0.407. The van der Waals surface area contributed by atoms with Gasteiger partial charge >= 0.3 is 0 Å². The van der Waals surface area contributed by atoms with Crippen LogP contribution in [0.2, 0.25) is 0 Å². The molecule has 0 aliphatic heterocycles. The van der Waals surface area contributed by atoms with Crippen molar-refractivity contribution < 1.29 is 14.6 Å². The Balaban J connectivity index is 1.93. The molecular formula is C20H27NO3. The molecule has 2 aromatic carbocycles. The molecule has 0 heterocycles. The quantitative estimate of drug-likeness (QED) is 0.736. The van der Waals surface area contributed by atoms with Crippen LogP contribution >= 0.6 is 0 Å². The molecule has 0 aliphatic rings. The largest absolute Gasteiger partial charge is 0.490 e. The Morgan fingerprint density at radius 1 is 1.04 bits per heavy atom.